The summed E-state index contributed by atoms with van der Waals surface area (Å²) in [7, 11) is 0. The average Bonchev–Trinajstić information content (AvgIpc) is 2.09. The van der Waals surface area contributed by atoms with Crippen molar-refractivity contribution in [3.63, 3.8) is 0 Å². The minimum atomic E-state index is -0.234. The van der Waals surface area contributed by atoms with E-state index >= 15 is 0 Å². The van der Waals surface area contributed by atoms with Gasteiger partial charge in [0.1, 0.15) is 0 Å². The van der Waals surface area contributed by atoms with E-state index in [2.05, 4.69) is 37.2 Å². The first-order valence-electron chi connectivity index (χ1n) is 3.90. The van der Waals surface area contributed by atoms with Crippen molar-refractivity contribution in [3.05, 3.63) is 27.7 Å². The molecule has 0 aliphatic heterocycles. The van der Waals surface area contributed by atoms with Crippen LogP contribution in [0, 0.1) is 0 Å². The third-order valence-electron chi connectivity index (χ3n) is 1.55. The highest BCUT2D eigenvalue weighted by Crippen LogP contribution is 2.25. The van der Waals surface area contributed by atoms with E-state index in [0.29, 0.717) is 10.7 Å². The molecule has 1 aromatic carbocycles. The van der Waals surface area contributed by atoms with Gasteiger partial charge in [0, 0.05) is 4.47 Å². The van der Waals surface area contributed by atoms with Crippen LogP contribution in [0.3, 0.4) is 0 Å². The second-order valence-electron chi connectivity index (χ2n) is 2.73. The quantitative estimate of drug-likeness (QED) is 0.814. The SMILES string of the molecule is C[C@H](Br)C(=O)Nc1ccc(Br)cc1Cl. The first-order valence-corrected chi connectivity index (χ1v) is 5.99. The maximum absolute atomic E-state index is 11.3. The lowest BCUT2D eigenvalue weighted by atomic mass is 10.3. The summed E-state index contributed by atoms with van der Waals surface area (Å²) >= 11 is 12.4. The van der Waals surface area contributed by atoms with Crippen LogP contribution in [0.1, 0.15) is 6.92 Å². The lowest BCUT2D eigenvalue weighted by Crippen LogP contribution is -2.19. The van der Waals surface area contributed by atoms with E-state index in [-0.39, 0.29) is 10.7 Å². The number of carbonyl (C=O) groups is 1. The predicted molar refractivity (Wildman–Crippen MR) is 66.2 cm³/mol. The normalized spacial score (nSPS) is 12.3. The molecule has 0 aliphatic carbocycles. The van der Waals surface area contributed by atoms with Crippen LogP contribution < -0.4 is 5.32 Å². The Labute approximate surface area is 104 Å². The molecule has 0 heterocycles. The fourth-order valence-corrected chi connectivity index (χ4v) is 1.66. The van der Waals surface area contributed by atoms with Crippen LogP contribution in [0.25, 0.3) is 0 Å². The third-order valence-corrected chi connectivity index (χ3v) is 2.77. The molecule has 0 radical (unpaired) electrons. The molecule has 0 aromatic heterocycles. The Hall–Kier alpha value is -0.0600. The fourth-order valence-electron chi connectivity index (χ4n) is 0.823. The molecule has 0 saturated carbocycles. The van der Waals surface area contributed by atoms with Gasteiger partial charge in [0.05, 0.1) is 15.5 Å². The molecule has 76 valence electrons. The molecule has 1 aromatic rings. The van der Waals surface area contributed by atoms with Crippen molar-refractivity contribution < 1.29 is 4.79 Å². The monoisotopic (exact) mass is 339 g/mol. The van der Waals surface area contributed by atoms with Crippen molar-refractivity contribution >= 4 is 55.1 Å². The molecule has 0 unspecified atom stereocenters. The van der Waals surface area contributed by atoms with E-state index in [9.17, 15) is 4.79 Å². The topological polar surface area (TPSA) is 29.1 Å². The lowest BCUT2D eigenvalue weighted by Gasteiger charge is -2.08. The molecule has 5 heteroatoms. The number of nitrogens with one attached hydrogen (secondary N) is 1. The zero-order chi connectivity index (χ0) is 10.7. The molecule has 2 nitrogen and oxygen atoms in total. The highest BCUT2D eigenvalue weighted by molar-refractivity contribution is 9.10. The Balaban J connectivity index is 2.82. The number of halogens is 3. The van der Waals surface area contributed by atoms with Crippen molar-refractivity contribution in [1.82, 2.24) is 0 Å². The summed E-state index contributed by atoms with van der Waals surface area (Å²) in [6.45, 7) is 1.75. The summed E-state index contributed by atoms with van der Waals surface area (Å²) in [5.74, 6) is -0.116. The van der Waals surface area contributed by atoms with Gasteiger partial charge in [-0.3, -0.25) is 4.79 Å². The van der Waals surface area contributed by atoms with Crippen LogP contribution in [0.5, 0.6) is 0 Å². The minimum Gasteiger partial charge on any atom is -0.324 e. The first-order chi connectivity index (χ1) is 6.50. The van der Waals surface area contributed by atoms with Crippen LogP contribution in [0.4, 0.5) is 5.69 Å². The van der Waals surface area contributed by atoms with Crippen LogP contribution in [0.15, 0.2) is 22.7 Å². The van der Waals surface area contributed by atoms with Gasteiger partial charge in [0.15, 0.2) is 0 Å². The summed E-state index contributed by atoms with van der Waals surface area (Å²) in [6.07, 6.45) is 0. The molecule has 0 saturated heterocycles. The van der Waals surface area contributed by atoms with Gasteiger partial charge in [0.25, 0.3) is 0 Å². The molecular formula is C9H8Br2ClNO. The summed E-state index contributed by atoms with van der Waals surface area (Å²) in [4.78, 5) is 11.1. The van der Waals surface area contributed by atoms with Gasteiger partial charge in [-0.2, -0.15) is 0 Å². The Kier molecular flexibility index (Phi) is 4.41. The maximum Gasteiger partial charge on any atom is 0.237 e. The fraction of sp³-hybridized carbons (Fsp3) is 0.222. The van der Waals surface area contributed by atoms with Crippen LogP contribution in [-0.2, 0) is 4.79 Å². The van der Waals surface area contributed by atoms with Crippen molar-refractivity contribution in [2.24, 2.45) is 0 Å². The number of benzene rings is 1. The third kappa shape index (κ3) is 3.26. The highest BCUT2D eigenvalue weighted by atomic mass is 79.9. The van der Waals surface area contributed by atoms with Gasteiger partial charge in [-0.25, -0.2) is 0 Å². The molecule has 14 heavy (non-hydrogen) atoms. The number of amides is 1. The summed E-state index contributed by atoms with van der Waals surface area (Å²) in [5, 5.41) is 3.21. The van der Waals surface area contributed by atoms with Gasteiger partial charge < -0.3 is 5.32 Å². The Morgan fingerprint density at radius 3 is 2.71 bits per heavy atom. The summed E-state index contributed by atoms with van der Waals surface area (Å²) in [5.41, 5.74) is 0.617. The largest absolute Gasteiger partial charge is 0.324 e. The molecule has 0 aliphatic rings. The number of carbonyl (C=O) groups excluding carboxylic acids is 1. The second-order valence-corrected chi connectivity index (χ2v) is 5.43. The van der Waals surface area contributed by atoms with Gasteiger partial charge in [-0.05, 0) is 25.1 Å². The Bertz CT molecular complexity index is 355. The standard InChI is InChI=1S/C9H8Br2ClNO/c1-5(10)9(14)13-8-3-2-6(11)4-7(8)12/h2-5H,1H3,(H,13,14)/t5-/m0/s1. The van der Waals surface area contributed by atoms with Gasteiger partial charge in [-0.1, -0.05) is 43.5 Å². The molecule has 0 fully saturated rings. The van der Waals surface area contributed by atoms with E-state index in [1.807, 2.05) is 6.07 Å². The second kappa shape index (κ2) is 5.14. The number of hydrogen-bond acceptors (Lipinski definition) is 1. The van der Waals surface area contributed by atoms with E-state index in [1.54, 1.807) is 19.1 Å². The molecule has 1 N–H and O–H groups in total. The van der Waals surface area contributed by atoms with E-state index in [4.69, 9.17) is 11.6 Å². The molecule has 0 spiro atoms. The molecular weight excluding hydrogens is 333 g/mol. The van der Waals surface area contributed by atoms with Crippen LogP contribution in [-0.4, -0.2) is 10.7 Å². The van der Waals surface area contributed by atoms with Crippen LogP contribution in [0.2, 0.25) is 5.02 Å². The van der Waals surface area contributed by atoms with Crippen molar-refractivity contribution in [2.75, 3.05) is 5.32 Å². The van der Waals surface area contributed by atoms with E-state index in [1.165, 1.54) is 0 Å². The maximum atomic E-state index is 11.3. The smallest absolute Gasteiger partial charge is 0.237 e. The molecule has 1 atom stereocenters. The van der Waals surface area contributed by atoms with Crippen molar-refractivity contribution in [1.29, 1.82) is 0 Å². The predicted octanol–water partition coefficient (Wildman–Crippen LogP) is 3.82. The van der Waals surface area contributed by atoms with Gasteiger partial charge >= 0.3 is 0 Å². The zero-order valence-electron chi connectivity index (χ0n) is 7.35. The summed E-state index contributed by atoms with van der Waals surface area (Å²) in [6, 6.07) is 5.30. The number of anilines is 1. The number of hydrogen-bond donors (Lipinski definition) is 1. The highest BCUT2D eigenvalue weighted by Gasteiger charge is 2.10. The van der Waals surface area contributed by atoms with Crippen molar-refractivity contribution in [3.8, 4) is 0 Å². The molecule has 1 amide bonds. The zero-order valence-corrected chi connectivity index (χ0v) is 11.3. The Morgan fingerprint density at radius 1 is 1.57 bits per heavy atom. The number of alkyl halides is 1. The average molecular weight is 341 g/mol. The molecule has 1 rings (SSSR count). The first kappa shape index (κ1) is 12.0. The molecule has 0 bridgehead atoms. The minimum absolute atomic E-state index is 0.116. The van der Waals surface area contributed by atoms with Gasteiger partial charge in [0.2, 0.25) is 5.91 Å². The lowest BCUT2D eigenvalue weighted by molar-refractivity contribution is -0.115. The van der Waals surface area contributed by atoms with E-state index < -0.39 is 0 Å². The summed E-state index contributed by atoms with van der Waals surface area (Å²) < 4.78 is 0.882. The van der Waals surface area contributed by atoms with Gasteiger partial charge in [-0.15, -0.1) is 0 Å². The number of rotatable bonds is 2. The van der Waals surface area contributed by atoms with Crippen LogP contribution >= 0.6 is 43.5 Å². The van der Waals surface area contributed by atoms with Crippen molar-refractivity contribution in [2.45, 2.75) is 11.8 Å². The Morgan fingerprint density at radius 2 is 2.21 bits per heavy atom. The van der Waals surface area contributed by atoms with E-state index in [0.717, 1.165) is 4.47 Å².